The molecule has 0 aliphatic rings. The summed E-state index contributed by atoms with van der Waals surface area (Å²) in [7, 11) is 2.10. The molecule has 0 aliphatic carbocycles. The summed E-state index contributed by atoms with van der Waals surface area (Å²) in [5.74, 6) is 0. The first kappa shape index (κ1) is 12.6. The molecular formula is C11H20N2OS. The van der Waals surface area contributed by atoms with Gasteiger partial charge in [0.1, 0.15) is 5.01 Å². The Bertz CT molecular complexity index is 275. The Kier molecular flexibility index (Phi) is 5.83. The van der Waals surface area contributed by atoms with Crippen molar-refractivity contribution in [2.45, 2.75) is 32.7 Å². The predicted octanol–water partition coefficient (Wildman–Crippen LogP) is 1.91. The number of rotatable bonds is 7. The number of nitrogens with zero attached hydrogens (tertiary/aromatic N) is 2. The third-order valence-corrected chi connectivity index (χ3v) is 3.43. The summed E-state index contributed by atoms with van der Waals surface area (Å²) in [6.07, 6.45) is 4.99. The maximum Gasteiger partial charge on any atom is 0.107 e. The van der Waals surface area contributed by atoms with Gasteiger partial charge in [0.05, 0.1) is 6.54 Å². The fraction of sp³-hybridized carbons (Fsp3) is 0.727. The average Bonchev–Trinajstić information content (AvgIpc) is 2.66. The van der Waals surface area contributed by atoms with Crippen LogP contribution in [0.4, 0.5) is 0 Å². The van der Waals surface area contributed by atoms with Gasteiger partial charge in [0.25, 0.3) is 0 Å². The van der Waals surface area contributed by atoms with Crippen LogP contribution >= 0.6 is 11.3 Å². The molecule has 86 valence electrons. The molecule has 3 nitrogen and oxygen atoms in total. The van der Waals surface area contributed by atoms with Crippen LogP contribution in [0.3, 0.4) is 0 Å². The molecular weight excluding hydrogens is 208 g/mol. The third-order valence-electron chi connectivity index (χ3n) is 2.30. The normalized spacial score (nSPS) is 11.2. The zero-order chi connectivity index (χ0) is 11.1. The fourth-order valence-electron chi connectivity index (χ4n) is 1.39. The van der Waals surface area contributed by atoms with Crippen molar-refractivity contribution in [3.63, 3.8) is 0 Å². The van der Waals surface area contributed by atoms with Gasteiger partial charge >= 0.3 is 0 Å². The van der Waals surface area contributed by atoms with E-state index in [-0.39, 0.29) is 0 Å². The van der Waals surface area contributed by atoms with E-state index in [0.717, 1.165) is 32.4 Å². The van der Waals surface area contributed by atoms with Crippen LogP contribution in [-0.4, -0.2) is 35.2 Å². The van der Waals surface area contributed by atoms with Crippen molar-refractivity contribution in [3.8, 4) is 0 Å². The number of aliphatic hydroxyl groups excluding tert-OH is 1. The van der Waals surface area contributed by atoms with Crippen LogP contribution in [0.5, 0.6) is 0 Å². The molecule has 0 amide bonds. The summed E-state index contributed by atoms with van der Waals surface area (Å²) in [6.45, 7) is 4.41. The minimum absolute atomic E-state index is 0.297. The van der Waals surface area contributed by atoms with Gasteiger partial charge in [0.2, 0.25) is 0 Å². The van der Waals surface area contributed by atoms with E-state index >= 15 is 0 Å². The molecule has 0 aliphatic heterocycles. The average molecular weight is 228 g/mol. The number of hydrogen-bond acceptors (Lipinski definition) is 4. The lowest BCUT2D eigenvalue weighted by Gasteiger charge is -2.13. The number of aliphatic hydroxyl groups is 1. The molecule has 1 N–H and O–H groups in total. The number of aryl methyl sites for hydroxylation is 1. The highest BCUT2D eigenvalue weighted by Crippen LogP contribution is 2.14. The van der Waals surface area contributed by atoms with E-state index in [1.54, 1.807) is 11.3 Å². The van der Waals surface area contributed by atoms with Crippen molar-refractivity contribution in [1.82, 2.24) is 9.88 Å². The first-order valence-electron chi connectivity index (χ1n) is 5.49. The smallest absolute Gasteiger partial charge is 0.107 e. The molecule has 4 heteroatoms. The van der Waals surface area contributed by atoms with Gasteiger partial charge in [-0.2, -0.15) is 0 Å². The molecule has 0 atom stereocenters. The van der Waals surface area contributed by atoms with Gasteiger partial charge in [-0.15, -0.1) is 11.3 Å². The topological polar surface area (TPSA) is 36.4 Å². The second-order valence-electron chi connectivity index (χ2n) is 3.74. The van der Waals surface area contributed by atoms with Crippen LogP contribution in [0, 0.1) is 0 Å². The molecule has 0 bridgehead atoms. The molecule has 1 aromatic rings. The van der Waals surface area contributed by atoms with Gasteiger partial charge < -0.3 is 5.11 Å². The van der Waals surface area contributed by atoms with Crippen LogP contribution in [0.2, 0.25) is 0 Å². The quantitative estimate of drug-likeness (QED) is 0.724. The predicted molar refractivity (Wildman–Crippen MR) is 64.1 cm³/mol. The van der Waals surface area contributed by atoms with Gasteiger partial charge in [0.15, 0.2) is 0 Å². The zero-order valence-corrected chi connectivity index (χ0v) is 10.4. The molecule has 0 saturated carbocycles. The van der Waals surface area contributed by atoms with Crippen molar-refractivity contribution in [2.24, 2.45) is 0 Å². The van der Waals surface area contributed by atoms with E-state index in [4.69, 9.17) is 5.11 Å². The first-order valence-corrected chi connectivity index (χ1v) is 6.31. The molecule has 1 rings (SSSR count). The zero-order valence-electron chi connectivity index (χ0n) is 9.57. The van der Waals surface area contributed by atoms with Crippen LogP contribution in [0.25, 0.3) is 0 Å². The summed E-state index contributed by atoms with van der Waals surface area (Å²) >= 11 is 1.80. The van der Waals surface area contributed by atoms with E-state index < -0.39 is 0 Å². The van der Waals surface area contributed by atoms with Crippen molar-refractivity contribution in [3.05, 3.63) is 16.1 Å². The molecule has 0 saturated heterocycles. The highest BCUT2D eigenvalue weighted by Gasteiger charge is 2.04. The monoisotopic (exact) mass is 228 g/mol. The lowest BCUT2D eigenvalue weighted by Crippen LogP contribution is -2.19. The van der Waals surface area contributed by atoms with Crippen molar-refractivity contribution >= 4 is 11.3 Å². The minimum atomic E-state index is 0.297. The standard InChI is InChI=1S/C11H20N2OS/c1-3-10-8-12-11(15-10)9-13(2)6-4-5-7-14/h8,14H,3-7,9H2,1-2H3. The summed E-state index contributed by atoms with van der Waals surface area (Å²) in [6, 6.07) is 0. The Labute approximate surface area is 95.8 Å². The second kappa shape index (κ2) is 6.93. The van der Waals surface area contributed by atoms with E-state index in [0.29, 0.717) is 6.61 Å². The SMILES string of the molecule is CCc1cnc(CN(C)CCCCO)s1. The fourth-order valence-corrected chi connectivity index (χ4v) is 2.33. The molecule has 15 heavy (non-hydrogen) atoms. The molecule has 0 aromatic carbocycles. The highest BCUT2D eigenvalue weighted by molar-refractivity contribution is 7.11. The van der Waals surface area contributed by atoms with E-state index in [9.17, 15) is 0 Å². The van der Waals surface area contributed by atoms with Crippen molar-refractivity contribution in [1.29, 1.82) is 0 Å². The van der Waals surface area contributed by atoms with Gasteiger partial charge in [-0.25, -0.2) is 4.98 Å². The Hall–Kier alpha value is -0.450. The van der Waals surface area contributed by atoms with E-state index in [1.807, 2.05) is 6.20 Å². The lowest BCUT2D eigenvalue weighted by molar-refractivity contribution is 0.261. The van der Waals surface area contributed by atoms with Crippen LogP contribution < -0.4 is 0 Å². The summed E-state index contributed by atoms with van der Waals surface area (Å²) in [4.78, 5) is 8.00. The lowest BCUT2D eigenvalue weighted by atomic mass is 10.3. The molecule has 1 aromatic heterocycles. The van der Waals surface area contributed by atoms with Crippen LogP contribution in [0.1, 0.15) is 29.7 Å². The van der Waals surface area contributed by atoms with Crippen molar-refractivity contribution < 1.29 is 5.11 Å². The molecule has 0 fully saturated rings. The molecule has 1 heterocycles. The van der Waals surface area contributed by atoms with Crippen LogP contribution in [-0.2, 0) is 13.0 Å². The van der Waals surface area contributed by atoms with Crippen LogP contribution in [0.15, 0.2) is 6.20 Å². The third kappa shape index (κ3) is 4.73. The van der Waals surface area contributed by atoms with Crippen molar-refractivity contribution in [2.75, 3.05) is 20.2 Å². The Balaban J connectivity index is 2.27. The first-order chi connectivity index (χ1) is 7.26. The molecule has 0 unspecified atom stereocenters. The maximum absolute atomic E-state index is 8.68. The summed E-state index contributed by atoms with van der Waals surface area (Å²) < 4.78 is 0. The second-order valence-corrected chi connectivity index (χ2v) is 4.94. The van der Waals surface area contributed by atoms with E-state index in [2.05, 4.69) is 23.9 Å². The van der Waals surface area contributed by atoms with Gasteiger partial charge in [0, 0.05) is 17.7 Å². The largest absolute Gasteiger partial charge is 0.396 e. The highest BCUT2D eigenvalue weighted by atomic mass is 32.1. The molecule has 0 spiro atoms. The Morgan fingerprint density at radius 1 is 1.47 bits per heavy atom. The molecule has 0 radical (unpaired) electrons. The summed E-state index contributed by atoms with van der Waals surface area (Å²) in [5, 5.41) is 9.87. The number of unbranched alkanes of at least 4 members (excludes halogenated alkanes) is 1. The number of thiazole rings is 1. The minimum Gasteiger partial charge on any atom is -0.396 e. The number of hydrogen-bond donors (Lipinski definition) is 1. The van der Waals surface area contributed by atoms with Gasteiger partial charge in [-0.3, -0.25) is 4.90 Å². The Morgan fingerprint density at radius 2 is 2.27 bits per heavy atom. The maximum atomic E-state index is 8.68. The van der Waals surface area contributed by atoms with Gasteiger partial charge in [-0.1, -0.05) is 6.92 Å². The number of aromatic nitrogens is 1. The summed E-state index contributed by atoms with van der Waals surface area (Å²) in [5.41, 5.74) is 0. The van der Waals surface area contributed by atoms with Gasteiger partial charge in [-0.05, 0) is 32.9 Å². The Morgan fingerprint density at radius 3 is 2.87 bits per heavy atom. The van der Waals surface area contributed by atoms with E-state index in [1.165, 1.54) is 9.88 Å².